The third-order valence-electron chi connectivity index (χ3n) is 4.70. The first-order valence-corrected chi connectivity index (χ1v) is 11.0. The lowest BCUT2D eigenvalue weighted by atomic mass is 10.0. The van der Waals surface area contributed by atoms with Crippen molar-refractivity contribution in [2.24, 2.45) is 7.05 Å². The number of halogens is 1. The maximum absolute atomic E-state index is 4.38. The van der Waals surface area contributed by atoms with Crippen molar-refractivity contribution in [3.05, 3.63) is 18.2 Å². The summed E-state index contributed by atoms with van der Waals surface area (Å²) in [6, 6.07) is 0. The monoisotopic (exact) mass is 384 g/mol. The summed E-state index contributed by atoms with van der Waals surface area (Å²) in [6.45, 7) is 0. The quantitative estimate of drug-likeness (QED) is 0.225. The van der Waals surface area contributed by atoms with Gasteiger partial charge in [-0.2, -0.15) is 0 Å². The molecule has 0 unspecified atom stereocenters. The SMILES string of the molecule is Cn1ccnc1CCCCCCCCCCCCCCCCBr. The zero-order valence-electron chi connectivity index (χ0n) is 15.2. The zero-order chi connectivity index (χ0) is 16.6. The van der Waals surface area contributed by atoms with Crippen LogP contribution in [0.15, 0.2) is 12.4 Å². The Morgan fingerprint density at radius 1 is 0.739 bits per heavy atom. The molecular formula is C20H37BrN2. The van der Waals surface area contributed by atoms with E-state index in [4.69, 9.17) is 0 Å². The van der Waals surface area contributed by atoms with Crippen LogP contribution in [0.25, 0.3) is 0 Å². The number of unbranched alkanes of at least 4 members (excludes halogenated alkanes) is 13. The molecule has 1 rings (SSSR count). The normalized spacial score (nSPS) is 11.2. The summed E-state index contributed by atoms with van der Waals surface area (Å²) >= 11 is 3.50. The smallest absolute Gasteiger partial charge is 0.108 e. The van der Waals surface area contributed by atoms with Crippen LogP contribution in [0.4, 0.5) is 0 Å². The van der Waals surface area contributed by atoms with Gasteiger partial charge in [-0.15, -0.1) is 0 Å². The molecule has 0 amide bonds. The minimum absolute atomic E-state index is 1.14. The predicted molar refractivity (Wildman–Crippen MR) is 105 cm³/mol. The molecule has 0 bridgehead atoms. The number of nitrogens with zero attached hydrogens (tertiary/aromatic N) is 2. The van der Waals surface area contributed by atoms with Gasteiger partial charge in [0.25, 0.3) is 0 Å². The standard InChI is InChI=1S/C20H37BrN2/c1-23-19-18-22-20(23)16-14-12-10-8-6-4-2-3-5-7-9-11-13-15-17-21/h18-19H,2-17H2,1H3. The summed E-state index contributed by atoms with van der Waals surface area (Å²) in [5.74, 6) is 1.23. The molecule has 1 aromatic rings. The number of hydrogen-bond acceptors (Lipinski definition) is 1. The second kappa shape index (κ2) is 15.2. The van der Waals surface area contributed by atoms with Gasteiger partial charge in [0.1, 0.15) is 5.82 Å². The summed E-state index contributed by atoms with van der Waals surface area (Å²) in [5, 5.41) is 1.18. The first-order chi connectivity index (χ1) is 11.3. The Kier molecular flexibility index (Phi) is 13.7. The molecule has 0 aliphatic carbocycles. The van der Waals surface area contributed by atoms with E-state index in [0.29, 0.717) is 0 Å². The van der Waals surface area contributed by atoms with Crippen molar-refractivity contribution in [1.82, 2.24) is 9.55 Å². The van der Waals surface area contributed by atoms with Crippen LogP contribution < -0.4 is 0 Å². The maximum Gasteiger partial charge on any atom is 0.108 e. The van der Waals surface area contributed by atoms with E-state index in [2.05, 4.69) is 32.5 Å². The predicted octanol–water partition coefficient (Wildman–Crippen LogP) is 6.82. The van der Waals surface area contributed by atoms with E-state index in [0.717, 1.165) is 6.42 Å². The Morgan fingerprint density at radius 3 is 1.57 bits per heavy atom. The lowest BCUT2D eigenvalue weighted by molar-refractivity contribution is 0.534. The second-order valence-electron chi connectivity index (χ2n) is 6.84. The van der Waals surface area contributed by atoms with Crippen LogP contribution in [0.1, 0.15) is 95.7 Å². The highest BCUT2D eigenvalue weighted by Crippen LogP contribution is 2.13. The van der Waals surface area contributed by atoms with Crippen LogP contribution in [0, 0.1) is 0 Å². The molecule has 0 radical (unpaired) electrons. The van der Waals surface area contributed by atoms with E-state index in [1.165, 1.54) is 101 Å². The Bertz CT molecular complexity index is 362. The average Bonchev–Trinajstić information content (AvgIpc) is 2.96. The van der Waals surface area contributed by atoms with Gasteiger partial charge in [0.15, 0.2) is 0 Å². The number of rotatable bonds is 16. The van der Waals surface area contributed by atoms with E-state index in [1.54, 1.807) is 0 Å². The average molecular weight is 385 g/mol. The Morgan fingerprint density at radius 2 is 1.17 bits per heavy atom. The molecule has 0 N–H and O–H groups in total. The summed E-state index contributed by atoms with van der Waals surface area (Å²) in [7, 11) is 2.09. The Hall–Kier alpha value is -0.310. The molecule has 0 fully saturated rings. The lowest BCUT2D eigenvalue weighted by Crippen LogP contribution is -1.97. The molecule has 23 heavy (non-hydrogen) atoms. The van der Waals surface area contributed by atoms with E-state index in [1.807, 2.05) is 12.4 Å². The minimum atomic E-state index is 1.14. The van der Waals surface area contributed by atoms with Crippen molar-refractivity contribution in [3.63, 3.8) is 0 Å². The van der Waals surface area contributed by atoms with Crippen LogP contribution in [0.3, 0.4) is 0 Å². The van der Waals surface area contributed by atoms with Crippen LogP contribution in [-0.4, -0.2) is 14.9 Å². The molecule has 0 atom stereocenters. The first-order valence-electron chi connectivity index (χ1n) is 9.86. The fraction of sp³-hybridized carbons (Fsp3) is 0.850. The number of aromatic nitrogens is 2. The van der Waals surface area contributed by atoms with Gasteiger partial charge in [0, 0.05) is 31.2 Å². The molecule has 0 spiro atoms. The van der Waals surface area contributed by atoms with Gasteiger partial charge in [0.05, 0.1) is 0 Å². The van der Waals surface area contributed by atoms with Crippen LogP contribution in [0.5, 0.6) is 0 Å². The number of alkyl halides is 1. The summed E-state index contributed by atoms with van der Waals surface area (Å²) in [6.07, 6.45) is 24.9. The molecule has 3 heteroatoms. The van der Waals surface area contributed by atoms with Crippen LogP contribution in [0.2, 0.25) is 0 Å². The highest BCUT2D eigenvalue weighted by Gasteiger charge is 1.98. The van der Waals surface area contributed by atoms with Crippen molar-refractivity contribution in [1.29, 1.82) is 0 Å². The van der Waals surface area contributed by atoms with Crippen molar-refractivity contribution in [3.8, 4) is 0 Å². The second-order valence-corrected chi connectivity index (χ2v) is 7.64. The third kappa shape index (κ3) is 11.8. The molecule has 1 aromatic heterocycles. The van der Waals surface area contributed by atoms with Gasteiger partial charge in [-0.25, -0.2) is 4.98 Å². The fourth-order valence-corrected chi connectivity index (χ4v) is 3.53. The van der Waals surface area contributed by atoms with Gasteiger partial charge in [-0.1, -0.05) is 93.0 Å². The van der Waals surface area contributed by atoms with Crippen LogP contribution >= 0.6 is 15.9 Å². The molecule has 1 heterocycles. The van der Waals surface area contributed by atoms with Crippen molar-refractivity contribution >= 4 is 15.9 Å². The van der Waals surface area contributed by atoms with Crippen LogP contribution in [-0.2, 0) is 13.5 Å². The molecule has 2 nitrogen and oxygen atoms in total. The molecular weight excluding hydrogens is 348 g/mol. The van der Waals surface area contributed by atoms with E-state index < -0.39 is 0 Å². The number of aryl methyl sites for hydroxylation is 2. The van der Waals surface area contributed by atoms with Gasteiger partial charge < -0.3 is 4.57 Å². The molecule has 0 aliphatic rings. The molecule has 0 aliphatic heterocycles. The lowest BCUT2D eigenvalue weighted by Gasteiger charge is -2.04. The topological polar surface area (TPSA) is 17.8 Å². The van der Waals surface area contributed by atoms with Crippen molar-refractivity contribution < 1.29 is 0 Å². The summed E-state index contributed by atoms with van der Waals surface area (Å²) in [4.78, 5) is 4.38. The largest absolute Gasteiger partial charge is 0.338 e. The van der Waals surface area contributed by atoms with E-state index in [9.17, 15) is 0 Å². The number of hydrogen-bond donors (Lipinski definition) is 0. The number of imidazole rings is 1. The van der Waals surface area contributed by atoms with Gasteiger partial charge >= 0.3 is 0 Å². The highest BCUT2D eigenvalue weighted by molar-refractivity contribution is 9.09. The molecule has 0 saturated carbocycles. The minimum Gasteiger partial charge on any atom is -0.338 e. The molecule has 0 saturated heterocycles. The van der Waals surface area contributed by atoms with Gasteiger partial charge in [-0.3, -0.25) is 0 Å². The van der Waals surface area contributed by atoms with E-state index in [-0.39, 0.29) is 0 Å². The third-order valence-corrected chi connectivity index (χ3v) is 5.27. The zero-order valence-corrected chi connectivity index (χ0v) is 16.8. The maximum atomic E-state index is 4.38. The summed E-state index contributed by atoms with van der Waals surface area (Å²) < 4.78 is 2.14. The van der Waals surface area contributed by atoms with Gasteiger partial charge in [0.2, 0.25) is 0 Å². The van der Waals surface area contributed by atoms with Crippen molar-refractivity contribution in [2.45, 2.75) is 96.3 Å². The molecule has 134 valence electrons. The molecule has 0 aromatic carbocycles. The first kappa shape index (κ1) is 20.7. The highest BCUT2D eigenvalue weighted by atomic mass is 79.9. The fourth-order valence-electron chi connectivity index (χ4n) is 3.14. The van der Waals surface area contributed by atoms with Gasteiger partial charge in [-0.05, 0) is 12.8 Å². The Labute approximate surface area is 152 Å². The summed E-state index contributed by atoms with van der Waals surface area (Å²) in [5.41, 5.74) is 0. The van der Waals surface area contributed by atoms with Crippen molar-refractivity contribution in [2.75, 3.05) is 5.33 Å². The van der Waals surface area contributed by atoms with E-state index >= 15 is 0 Å². The Balaban J connectivity index is 1.72.